The van der Waals surface area contributed by atoms with Gasteiger partial charge < -0.3 is 25.2 Å². The number of rotatable bonds is 12. The number of likely N-dealkylation sites (tertiary alicyclic amines) is 1. The van der Waals surface area contributed by atoms with Crippen molar-refractivity contribution in [2.75, 3.05) is 33.9 Å². The number of halogens is 4. The second kappa shape index (κ2) is 14.1. The molecule has 7 rings (SSSR count). The van der Waals surface area contributed by atoms with Crippen LogP contribution in [0.1, 0.15) is 44.0 Å². The summed E-state index contributed by atoms with van der Waals surface area (Å²) in [5.74, 6) is -2.36. The third kappa shape index (κ3) is 6.94. The zero-order valence-corrected chi connectivity index (χ0v) is 30.8. The summed E-state index contributed by atoms with van der Waals surface area (Å²) in [6.07, 6.45) is 5.55. The molecule has 3 aliphatic rings. The highest BCUT2D eigenvalue weighted by molar-refractivity contribution is 6.39. The average Bonchev–Trinajstić information content (AvgIpc) is 3.51. The summed E-state index contributed by atoms with van der Waals surface area (Å²) in [4.78, 5) is 20.9. The van der Waals surface area contributed by atoms with E-state index in [1.54, 1.807) is 19.5 Å². The molecule has 0 unspecified atom stereocenters. The van der Waals surface area contributed by atoms with Crippen molar-refractivity contribution in [3.63, 3.8) is 0 Å². The van der Waals surface area contributed by atoms with Crippen molar-refractivity contribution in [3.8, 4) is 45.4 Å². The maximum atomic E-state index is 13.8. The van der Waals surface area contributed by atoms with E-state index in [4.69, 9.17) is 42.6 Å². The Morgan fingerprint density at radius 1 is 0.942 bits per heavy atom. The van der Waals surface area contributed by atoms with Gasteiger partial charge in [-0.05, 0) is 25.7 Å². The lowest BCUT2D eigenvalue weighted by molar-refractivity contribution is -0.279. The van der Waals surface area contributed by atoms with Crippen LogP contribution in [0.3, 0.4) is 0 Å². The summed E-state index contributed by atoms with van der Waals surface area (Å²) < 4.78 is 38.9. The van der Waals surface area contributed by atoms with Gasteiger partial charge in [-0.15, -0.1) is 0 Å². The van der Waals surface area contributed by atoms with Crippen molar-refractivity contribution < 1.29 is 23.4 Å². The first-order chi connectivity index (χ1) is 24.8. The van der Waals surface area contributed by atoms with E-state index in [0.717, 1.165) is 32.0 Å². The van der Waals surface area contributed by atoms with Crippen molar-refractivity contribution in [1.29, 1.82) is 0 Å². The highest BCUT2D eigenvalue weighted by Gasteiger charge is 2.67. The van der Waals surface area contributed by atoms with Crippen LogP contribution >= 0.6 is 23.2 Å². The maximum absolute atomic E-state index is 13.8. The largest absolute Gasteiger partial charge is 0.480 e. The van der Waals surface area contributed by atoms with Crippen molar-refractivity contribution in [2.45, 2.75) is 63.3 Å². The fourth-order valence-corrected chi connectivity index (χ4v) is 8.38. The van der Waals surface area contributed by atoms with Crippen molar-refractivity contribution >= 4 is 23.2 Å². The van der Waals surface area contributed by atoms with Crippen LogP contribution in [0, 0.1) is 5.41 Å². The lowest BCUT2D eigenvalue weighted by atomic mass is 9.53. The molecule has 274 valence electrons. The van der Waals surface area contributed by atoms with Crippen LogP contribution in [-0.4, -0.2) is 81.4 Å². The van der Waals surface area contributed by atoms with Crippen molar-refractivity contribution in [1.82, 2.24) is 35.5 Å². The van der Waals surface area contributed by atoms with Gasteiger partial charge in [0.15, 0.2) is 0 Å². The lowest BCUT2D eigenvalue weighted by Crippen LogP contribution is -2.71. The summed E-state index contributed by atoms with van der Waals surface area (Å²) >= 11 is 14.1. The Bertz CT molecular complexity index is 2000. The number of nitrogens with zero attached hydrogens (tertiary/aromatic N) is 5. The van der Waals surface area contributed by atoms with E-state index in [2.05, 4.69) is 32.1 Å². The van der Waals surface area contributed by atoms with Gasteiger partial charge in [0.05, 0.1) is 48.0 Å². The van der Waals surface area contributed by atoms with Gasteiger partial charge in [0, 0.05) is 79.1 Å². The molecule has 2 aliphatic heterocycles. The van der Waals surface area contributed by atoms with Gasteiger partial charge in [0.25, 0.3) is 5.92 Å². The smallest absolute Gasteiger partial charge is 0.273 e. The van der Waals surface area contributed by atoms with Crippen LogP contribution in [0.25, 0.3) is 33.6 Å². The van der Waals surface area contributed by atoms with Crippen LogP contribution in [0.2, 0.25) is 10.0 Å². The van der Waals surface area contributed by atoms with Crippen molar-refractivity contribution in [3.05, 3.63) is 82.5 Å². The molecule has 14 heteroatoms. The molecule has 1 spiro atoms. The fourth-order valence-electron chi connectivity index (χ4n) is 7.73. The molecular formula is C38H41Cl2F2N7O3. The molecule has 3 fully saturated rings. The van der Waals surface area contributed by atoms with Gasteiger partial charge in [-0.25, -0.2) is 18.7 Å². The molecule has 1 saturated carbocycles. The summed E-state index contributed by atoms with van der Waals surface area (Å²) in [6.45, 7) is 7.69. The number of nitrogens with one attached hydrogen (secondary N) is 2. The predicted octanol–water partition coefficient (Wildman–Crippen LogP) is 6.93. The van der Waals surface area contributed by atoms with E-state index in [0.29, 0.717) is 99.1 Å². The molecule has 4 aromatic rings. The molecule has 0 bridgehead atoms. The molecule has 52 heavy (non-hydrogen) atoms. The quantitative estimate of drug-likeness (QED) is 0.141. The van der Waals surface area contributed by atoms with E-state index in [-0.39, 0.29) is 18.3 Å². The predicted molar refractivity (Wildman–Crippen MR) is 197 cm³/mol. The number of aromatic nitrogens is 4. The summed E-state index contributed by atoms with van der Waals surface area (Å²) in [5.41, 5.74) is 3.96. The number of allylic oxidation sites excluding steroid dienone is 1. The molecule has 4 heterocycles. The standard InChI is InChI=1S/C38H41Cl2F2N7O3/c1-22-11-12-23(46-22)13-43-14-30-34(51-3)47-28(15-44-30)26-9-5-7-24(32(26)39)25-8-6-10-27(33(25)40)29-16-45-31(35(48-29)52-4)17-49-20-37(21-49)18-38(50,19-37)36(2,41)42/h5-10,15-16,23,43,46,50H,1,11-14,17-21H2,2-4H3/t23-/m0/s1. The normalized spacial score (nSPS) is 19.2. The van der Waals surface area contributed by atoms with Gasteiger partial charge >= 0.3 is 0 Å². The SMILES string of the molecule is C=C1CC[C@@H](CNCc2ncc(-c3cccc(-c4cccc(-c5cnc(CN6CC7(C6)CC(O)(C(C)(F)F)C7)c(OC)n5)c4Cl)c3Cl)nc2OC)N1. The van der Waals surface area contributed by atoms with E-state index in [9.17, 15) is 13.9 Å². The first-order valence-electron chi connectivity index (χ1n) is 17.2. The second-order valence-corrected chi connectivity index (χ2v) is 15.0. The third-order valence-electron chi connectivity index (χ3n) is 10.4. The Balaban J connectivity index is 1.07. The van der Waals surface area contributed by atoms with E-state index in [1.165, 1.54) is 7.11 Å². The number of ether oxygens (including phenoxy) is 2. The number of benzene rings is 2. The molecule has 1 aliphatic carbocycles. The van der Waals surface area contributed by atoms with Crippen LogP contribution in [0.15, 0.2) is 61.1 Å². The third-order valence-corrected chi connectivity index (χ3v) is 11.2. The van der Waals surface area contributed by atoms with Crippen LogP contribution in [0.4, 0.5) is 8.78 Å². The number of hydrogen-bond donors (Lipinski definition) is 3. The Kier molecular flexibility index (Phi) is 9.90. The minimum atomic E-state index is -3.12. The Labute approximate surface area is 311 Å². The number of alkyl halides is 2. The lowest BCUT2D eigenvalue weighted by Gasteiger charge is -2.63. The molecule has 1 atom stereocenters. The van der Waals surface area contributed by atoms with Crippen LogP contribution in [-0.2, 0) is 13.1 Å². The van der Waals surface area contributed by atoms with E-state index in [1.807, 2.05) is 36.4 Å². The van der Waals surface area contributed by atoms with Gasteiger partial charge in [-0.3, -0.25) is 14.9 Å². The second-order valence-electron chi connectivity index (χ2n) is 14.3. The Hall–Kier alpha value is -3.94. The highest BCUT2D eigenvalue weighted by atomic mass is 35.5. The zero-order valence-electron chi connectivity index (χ0n) is 29.3. The van der Waals surface area contributed by atoms with Gasteiger partial charge in [-0.2, -0.15) is 0 Å². The summed E-state index contributed by atoms with van der Waals surface area (Å²) in [6, 6.07) is 11.6. The molecule has 10 nitrogen and oxygen atoms in total. The molecule has 2 aromatic heterocycles. The molecular weight excluding hydrogens is 711 g/mol. The van der Waals surface area contributed by atoms with Gasteiger partial charge in [0.2, 0.25) is 11.8 Å². The first kappa shape index (κ1) is 36.4. The highest BCUT2D eigenvalue weighted by Crippen LogP contribution is 2.59. The summed E-state index contributed by atoms with van der Waals surface area (Å²) in [7, 11) is 3.10. The van der Waals surface area contributed by atoms with Crippen LogP contribution < -0.4 is 20.1 Å². The van der Waals surface area contributed by atoms with Gasteiger partial charge in [-0.1, -0.05) is 66.2 Å². The maximum Gasteiger partial charge on any atom is 0.273 e. The minimum Gasteiger partial charge on any atom is -0.480 e. The Morgan fingerprint density at radius 2 is 1.48 bits per heavy atom. The summed E-state index contributed by atoms with van der Waals surface area (Å²) in [5, 5.41) is 18.0. The first-order valence-corrected chi connectivity index (χ1v) is 17.9. The molecule has 2 aromatic carbocycles. The topological polar surface area (TPSA) is 118 Å². The van der Waals surface area contributed by atoms with Gasteiger partial charge in [0.1, 0.15) is 17.0 Å². The number of methoxy groups -OCH3 is 2. The molecule has 2 saturated heterocycles. The molecule has 0 amide bonds. The zero-order chi connectivity index (χ0) is 36.8. The molecule has 0 radical (unpaired) electrons. The average molecular weight is 753 g/mol. The monoisotopic (exact) mass is 751 g/mol. The number of aliphatic hydroxyl groups is 1. The van der Waals surface area contributed by atoms with E-state index < -0.39 is 11.5 Å². The molecule has 3 N–H and O–H groups in total. The van der Waals surface area contributed by atoms with Crippen molar-refractivity contribution in [2.24, 2.45) is 5.41 Å². The Morgan fingerprint density at radius 3 is 2.00 bits per heavy atom. The van der Waals surface area contributed by atoms with E-state index >= 15 is 0 Å². The van der Waals surface area contributed by atoms with Crippen LogP contribution in [0.5, 0.6) is 11.8 Å². The number of hydrogen-bond acceptors (Lipinski definition) is 10. The minimum absolute atomic E-state index is 0.0885. The fraction of sp³-hybridized carbons (Fsp3) is 0.421.